The first-order chi connectivity index (χ1) is 9.86. The molecular formula is C15H13ClO4S. The number of ether oxygens (including phenoxy) is 1. The summed E-state index contributed by atoms with van der Waals surface area (Å²) >= 11 is 5.82. The van der Waals surface area contributed by atoms with Gasteiger partial charge in [0.25, 0.3) is 0 Å². The maximum absolute atomic E-state index is 12.0. The Balaban J connectivity index is 2.08. The molecule has 4 nitrogen and oxygen atoms in total. The van der Waals surface area contributed by atoms with Crippen molar-refractivity contribution in [3.63, 3.8) is 0 Å². The zero-order valence-electron chi connectivity index (χ0n) is 11.2. The van der Waals surface area contributed by atoms with Crippen LogP contribution >= 0.6 is 11.6 Å². The van der Waals surface area contributed by atoms with Gasteiger partial charge in [0.15, 0.2) is 22.2 Å². The monoisotopic (exact) mass is 324 g/mol. The number of rotatable bonds is 5. The van der Waals surface area contributed by atoms with Crippen LogP contribution in [0.4, 0.5) is 0 Å². The van der Waals surface area contributed by atoms with Gasteiger partial charge >= 0.3 is 0 Å². The van der Waals surface area contributed by atoms with Crippen LogP contribution in [0, 0.1) is 0 Å². The molecule has 0 saturated heterocycles. The highest BCUT2D eigenvalue weighted by Gasteiger charge is 2.10. The highest BCUT2D eigenvalue weighted by molar-refractivity contribution is 7.90. The molecule has 0 N–H and O–H groups in total. The highest BCUT2D eigenvalue weighted by Crippen LogP contribution is 2.18. The molecule has 0 amide bonds. The molecule has 2 rings (SSSR count). The lowest BCUT2D eigenvalue weighted by molar-refractivity contribution is 0.0921. The van der Waals surface area contributed by atoms with Crippen LogP contribution < -0.4 is 4.74 Å². The van der Waals surface area contributed by atoms with Gasteiger partial charge in [-0.1, -0.05) is 29.8 Å². The molecule has 6 heteroatoms. The van der Waals surface area contributed by atoms with E-state index in [1.54, 1.807) is 36.4 Å². The number of carbonyl (C=O) groups is 1. The molecule has 110 valence electrons. The first-order valence-electron chi connectivity index (χ1n) is 6.08. The maximum Gasteiger partial charge on any atom is 0.200 e. The second-order valence-corrected chi connectivity index (χ2v) is 6.92. The molecule has 0 radical (unpaired) electrons. The van der Waals surface area contributed by atoms with Gasteiger partial charge in [0.1, 0.15) is 5.75 Å². The predicted molar refractivity (Wildman–Crippen MR) is 80.8 cm³/mol. The van der Waals surface area contributed by atoms with E-state index in [1.807, 2.05) is 0 Å². The lowest BCUT2D eigenvalue weighted by Gasteiger charge is -2.07. The minimum Gasteiger partial charge on any atom is -0.485 e. The van der Waals surface area contributed by atoms with Crippen LogP contribution in [0.1, 0.15) is 10.4 Å². The van der Waals surface area contributed by atoms with E-state index in [0.717, 1.165) is 6.26 Å². The van der Waals surface area contributed by atoms with Crippen molar-refractivity contribution in [1.82, 2.24) is 0 Å². The molecule has 0 spiro atoms. The lowest BCUT2D eigenvalue weighted by Crippen LogP contribution is -2.11. The lowest BCUT2D eigenvalue weighted by atomic mass is 10.1. The zero-order valence-corrected chi connectivity index (χ0v) is 12.8. The molecule has 0 fully saturated rings. The number of hydrogen-bond acceptors (Lipinski definition) is 4. The minimum absolute atomic E-state index is 0.148. The summed E-state index contributed by atoms with van der Waals surface area (Å²) in [6.45, 7) is -0.187. The van der Waals surface area contributed by atoms with Crippen LogP contribution in [0.3, 0.4) is 0 Å². The summed E-state index contributed by atoms with van der Waals surface area (Å²) < 4.78 is 28.2. The van der Waals surface area contributed by atoms with Crippen LogP contribution in [-0.4, -0.2) is 27.1 Å². The number of sulfone groups is 1. The van der Waals surface area contributed by atoms with Gasteiger partial charge in [-0.05, 0) is 30.3 Å². The summed E-state index contributed by atoms with van der Waals surface area (Å²) in [6.07, 6.45) is 1.11. The fraction of sp³-hybridized carbons (Fsp3) is 0.133. The van der Waals surface area contributed by atoms with Crippen LogP contribution in [-0.2, 0) is 9.84 Å². The molecule has 2 aromatic rings. The molecule has 0 unspecified atom stereocenters. The molecule has 21 heavy (non-hydrogen) atoms. The molecule has 0 aromatic heterocycles. The van der Waals surface area contributed by atoms with Crippen molar-refractivity contribution in [3.05, 3.63) is 59.1 Å². The van der Waals surface area contributed by atoms with Gasteiger partial charge in [0, 0.05) is 16.8 Å². The quantitative estimate of drug-likeness (QED) is 0.793. The number of ketones is 1. The standard InChI is InChI=1S/C15H13ClO4S/c1-21(18,19)14-7-3-6-13(9-14)20-10-15(17)11-4-2-5-12(16)8-11/h2-9H,10H2,1H3. The number of hydrogen-bond donors (Lipinski definition) is 0. The summed E-state index contributed by atoms with van der Waals surface area (Å²) in [5, 5.41) is 0.472. The maximum atomic E-state index is 12.0. The molecule has 2 aromatic carbocycles. The molecule has 0 bridgehead atoms. The van der Waals surface area contributed by atoms with Gasteiger partial charge in [-0.25, -0.2) is 8.42 Å². The van der Waals surface area contributed by atoms with Gasteiger partial charge in [0.2, 0.25) is 0 Å². The van der Waals surface area contributed by atoms with Gasteiger partial charge in [-0.2, -0.15) is 0 Å². The summed E-state index contributed by atoms with van der Waals surface area (Å²) in [5.41, 5.74) is 0.446. The average molecular weight is 325 g/mol. The Hall–Kier alpha value is -1.85. The summed E-state index contributed by atoms with van der Waals surface area (Å²) in [6, 6.07) is 12.6. The Morgan fingerprint density at radius 2 is 1.86 bits per heavy atom. The minimum atomic E-state index is -3.30. The fourth-order valence-electron chi connectivity index (χ4n) is 1.69. The van der Waals surface area contributed by atoms with Gasteiger partial charge in [-0.3, -0.25) is 4.79 Å². The Bertz CT molecular complexity index is 769. The second-order valence-electron chi connectivity index (χ2n) is 4.47. The van der Waals surface area contributed by atoms with Crippen LogP contribution in [0.5, 0.6) is 5.75 Å². The van der Waals surface area contributed by atoms with Gasteiger partial charge < -0.3 is 4.74 Å². The van der Waals surface area contributed by atoms with Crippen molar-refractivity contribution >= 4 is 27.2 Å². The van der Waals surface area contributed by atoms with Crippen molar-refractivity contribution in [2.45, 2.75) is 4.90 Å². The van der Waals surface area contributed by atoms with Gasteiger partial charge in [-0.15, -0.1) is 0 Å². The highest BCUT2D eigenvalue weighted by atomic mass is 35.5. The third-order valence-corrected chi connectivity index (χ3v) is 4.10. The third kappa shape index (κ3) is 4.31. The summed E-state index contributed by atoms with van der Waals surface area (Å²) in [7, 11) is -3.30. The average Bonchev–Trinajstić information content (AvgIpc) is 2.44. The van der Waals surface area contributed by atoms with Crippen LogP contribution in [0.2, 0.25) is 5.02 Å². The topological polar surface area (TPSA) is 60.4 Å². The first-order valence-corrected chi connectivity index (χ1v) is 8.35. The van der Waals surface area contributed by atoms with Crippen molar-refractivity contribution in [1.29, 1.82) is 0 Å². The van der Waals surface area contributed by atoms with Crippen molar-refractivity contribution in [2.75, 3.05) is 12.9 Å². The largest absolute Gasteiger partial charge is 0.485 e. The Morgan fingerprint density at radius 3 is 2.52 bits per heavy atom. The van der Waals surface area contributed by atoms with E-state index in [0.29, 0.717) is 16.3 Å². The number of halogens is 1. The van der Waals surface area contributed by atoms with E-state index in [9.17, 15) is 13.2 Å². The smallest absolute Gasteiger partial charge is 0.200 e. The number of benzene rings is 2. The zero-order chi connectivity index (χ0) is 15.5. The van der Waals surface area contributed by atoms with Crippen molar-refractivity contribution in [3.8, 4) is 5.75 Å². The summed E-state index contributed by atoms with van der Waals surface area (Å²) in [4.78, 5) is 12.1. The van der Waals surface area contributed by atoms with Crippen LogP contribution in [0.25, 0.3) is 0 Å². The van der Waals surface area contributed by atoms with E-state index in [4.69, 9.17) is 16.3 Å². The molecule has 0 atom stereocenters. The SMILES string of the molecule is CS(=O)(=O)c1cccc(OCC(=O)c2cccc(Cl)c2)c1. The first kappa shape index (κ1) is 15.5. The van der Waals surface area contributed by atoms with E-state index in [-0.39, 0.29) is 17.3 Å². The number of carbonyl (C=O) groups excluding carboxylic acids is 1. The molecule has 0 saturated carbocycles. The van der Waals surface area contributed by atoms with E-state index >= 15 is 0 Å². The Kier molecular flexibility index (Phi) is 4.65. The van der Waals surface area contributed by atoms with Crippen LogP contribution in [0.15, 0.2) is 53.4 Å². The Morgan fingerprint density at radius 1 is 1.14 bits per heavy atom. The molecular weight excluding hydrogens is 312 g/mol. The summed E-state index contributed by atoms with van der Waals surface area (Å²) in [5.74, 6) is 0.0931. The van der Waals surface area contributed by atoms with Gasteiger partial charge in [0.05, 0.1) is 4.90 Å². The van der Waals surface area contributed by atoms with E-state index in [1.165, 1.54) is 12.1 Å². The molecule has 0 heterocycles. The normalized spacial score (nSPS) is 11.1. The fourth-order valence-corrected chi connectivity index (χ4v) is 2.54. The van der Waals surface area contributed by atoms with Crippen molar-refractivity contribution < 1.29 is 17.9 Å². The second kappa shape index (κ2) is 6.28. The molecule has 0 aliphatic rings. The van der Waals surface area contributed by atoms with E-state index < -0.39 is 9.84 Å². The number of Topliss-reactive ketones (excluding diaryl/α,β-unsaturated/α-hetero) is 1. The predicted octanol–water partition coefficient (Wildman–Crippen LogP) is 3.01. The molecule has 0 aliphatic carbocycles. The van der Waals surface area contributed by atoms with E-state index in [2.05, 4.69) is 0 Å². The third-order valence-electron chi connectivity index (χ3n) is 2.75. The Labute approximate surface area is 128 Å². The van der Waals surface area contributed by atoms with Crippen molar-refractivity contribution in [2.24, 2.45) is 0 Å². The molecule has 0 aliphatic heterocycles.